The molecule has 0 spiro atoms. The molecule has 0 aromatic heterocycles. The van der Waals surface area contributed by atoms with E-state index in [9.17, 15) is 5.11 Å². The van der Waals surface area contributed by atoms with Crippen LogP contribution in [0.2, 0.25) is 0 Å². The van der Waals surface area contributed by atoms with Gasteiger partial charge in [-0.25, -0.2) is 0 Å². The molecule has 1 aliphatic heterocycles. The summed E-state index contributed by atoms with van der Waals surface area (Å²) in [5.41, 5.74) is 5.73. The van der Waals surface area contributed by atoms with Crippen molar-refractivity contribution in [2.45, 2.75) is 38.6 Å². The molecule has 1 aliphatic carbocycles. The van der Waals surface area contributed by atoms with Crippen molar-refractivity contribution < 1.29 is 19.3 Å². The van der Waals surface area contributed by atoms with Gasteiger partial charge in [-0.3, -0.25) is 4.90 Å². The van der Waals surface area contributed by atoms with E-state index < -0.39 is 0 Å². The van der Waals surface area contributed by atoms with Gasteiger partial charge in [-0.1, -0.05) is 19.4 Å². The van der Waals surface area contributed by atoms with E-state index in [-0.39, 0.29) is 18.2 Å². The molecule has 2 aliphatic rings. The lowest BCUT2D eigenvalue weighted by Gasteiger charge is -2.42. The van der Waals surface area contributed by atoms with Gasteiger partial charge in [0.25, 0.3) is 0 Å². The highest BCUT2D eigenvalue weighted by atomic mass is 35.5. The lowest BCUT2D eigenvalue weighted by atomic mass is 9.76. The largest absolute Gasteiger partial charge is 0.504 e. The lowest BCUT2D eigenvalue weighted by Crippen LogP contribution is -2.39. The predicted molar refractivity (Wildman–Crippen MR) is 117 cm³/mol. The van der Waals surface area contributed by atoms with E-state index in [0.717, 1.165) is 42.8 Å². The van der Waals surface area contributed by atoms with Gasteiger partial charge in [0, 0.05) is 23.7 Å². The molecular formula is C23H30ClNO4. The highest BCUT2D eigenvalue weighted by Crippen LogP contribution is 2.56. The van der Waals surface area contributed by atoms with Gasteiger partial charge in [0.15, 0.2) is 23.0 Å². The van der Waals surface area contributed by atoms with Crippen LogP contribution in [0.1, 0.15) is 42.5 Å². The SMILES string of the molecule is CCCCN1CCc2cc(OC)c(OC)c3c2[C@@H]1Cc1ccc(O)c(OC)c1-3.Cl. The number of phenols is 1. The maximum Gasteiger partial charge on any atom is 0.169 e. The average Bonchev–Trinajstić information content (AvgIpc) is 2.72. The number of nitrogens with zero attached hydrogens (tertiary/aromatic N) is 1. The normalized spacial score (nSPS) is 17.0. The van der Waals surface area contributed by atoms with Crippen molar-refractivity contribution in [3.05, 3.63) is 34.9 Å². The van der Waals surface area contributed by atoms with Gasteiger partial charge in [0.2, 0.25) is 0 Å². The van der Waals surface area contributed by atoms with E-state index in [2.05, 4.69) is 17.9 Å². The summed E-state index contributed by atoms with van der Waals surface area (Å²) in [6.07, 6.45) is 4.28. The number of hydrogen-bond donors (Lipinski definition) is 1. The molecule has 4 rings (SSSR count). The van der Waals surface area contributed by atoms with Gasteiger partial charge in [0.05, 0.1) is 21.3 Å². The third kappa shape index (κ3) is 3.40. The minimum Gasteiger partial charge on any atom is -0.504 e. The fourth-order valence-corrected chi connectivity index (χ4v) is 4.83. The van der Waals surface area contributed by atoms with E-state index in [4.69, 9.17) is 14.2 Å². The Balaban J connectivity index is 0.00000240. The smallest absolute Gasteiger partial charge is 0.169 e. The maximum atomic E-state index is 10.4. The molecule has 2 aromatic rings. The van der Waals surface area contributed by atoms with Crippen molar-refractivity contribution >= 4 is 12.4 Å². The lowest BCUT2D eigenvalue weighted by molar-refractivity contribution is 0.179. The van der Waals surface area contributed by atoms with Crippen LogP contribution < -0.4 is 14.2 Å². The Labute approximate surface area is 179 Å². The van der Waals surface area contributed by atoms with Crippen molar-refractivity contribution in [1.29, 1.82) is 0 Å². The Morgan fingerprint density at radius 3 is 2.45 bits per heavy atom. The summed E-state index contributed by atoms with van der Waals surface area (Å²) >= 11 is 0. The van der Waals surface area contributed by atoms with E-state index in [1.54, 1.807) is 27.4 Å². The summed E-state index contributed by atoms with van der Waals surface area (Å²) in [5, 5.41) is 10.4. The molecule has 0 saturated carbocycles. The molecule has 0 bridgehead atoms. The molecule has 0 amide bonds. The monoisotopic (exact) mass is 419 g/mol. The second kappa shape index (κ2) is 8.72. The van der Waals surface area contributed by atoms with Crippen molar-refractivity contribution in [3.8, 4) is 34.1 Å². The Bertz CT molecular complexity index is 899. The summed E-state index contributed by atoms with van der Waals surface area (Å²) < 4.78 is 17.1. The van der Waals surface area contributed by atoms with Crippen LogP contribution in [0, 0.1) is 0 Å². The Hall–Kier alpha value is -2.11. The third-order valence-corrected chi connectivity index (χ3v) is 6.13. The van der Waals surface area contributed by atoms with Gasteiger partial charge in [0.1, 0.15) is 0 Å². The molecule has 1 atom stereocenters. The molecule has 2 aromatic carbocycles. The van der Waals surface area contributed by atoms with Crippen molar-refractivity contribution in [1.82, 2.24) is 4.90 Å². The van der Waals surface area contributed by atoms with Crippen LogP contribution in [0.5, 0.6) is 23.0 Å². The maximum absolute atomic E-state index is 10.4. The molecule has 0 saturated heterocycles. The number of methoxy groups -OCH3 is 3. The van der Waals surface area contributed by atoms with Gasteiger partial charge >= 0.3 is 0 Å². The van der Waals surface area contributed by atoms with Crippen molar-refractivity contribution in [3.63, 3.8) is 0 Å². The third-order valence-electron chi connectivity index (χ3n) is 6.13. The summed E-state index contributed by atoms with van der Waals surface area (Å²) in [7, 11) is 4.96. The topological polar surface area (TPSA) is 51.2 Å². The molecule has 0 unspecified atom stereocenters. The van der Waals surface area contributed by atoms with Crippen LogP contribution in [-0.2, 0) is 12.8 Å². The summed E-state index contributed by atoms with van der Waals surface area (Å²) in [6, 6.07) is 6.19. The van der Waals surface area contributed by atoms with E-state index in [1.807, 2.05) is 6.07 Å². The van der Waals surface area contributed by atoms with Crippen LogP contribution in [-0.4, -0.2) is 44.4 Å². The second-order valence-electron chi connectivity index (χ2n) is 7.57. The highest BCUT2D eigenvalue weighted by molar-refractivity contribution is 5.88. The molecule has 0 fully saturated rings. The Kier molecular flexibility index (Phi) is 6.49. The number of fused-ring (bicyclic) bond motifs is 2. The molecule has 1 heterocycles. The van der Waals surface area contributed by atoms with E-state index in [0.29, 0.717) is 17.5 Å². The molecule has 29 heavy (non-hydrogen) atoms. The van der Waals surface area contributed by atoms with E-state index >= 15 is 0 Å². The van der Waals surface area contributed by atoms with Crippen LogP contribution in [0.15, 0.2) is 18.2 Å². The minimum absolute atomic E-state index is 0. The summed E-state index contributed by atoms with van der Waals surface area (Å²) in [5.74, 6) is 2.11. The number of hydrogen-bond acceptors (Lipinski definition) is 5. The van der Waals surface area contributed by atoms with Gasteiger partial charge < -0.3 is 19.3 Å². The van der Waals surface area contributed by atoms with Crippen LogP contribution in [0.3, 0.4) is 0 Å². The molecule has 158 valence electrons. The van der Waals surface area contributed by atoms with Gasteiger partial charge in [-0.2, -0.15) is 0 Å². The molecule has 5 nitrogen and oxygen atoms in total. The number of halogens is 1. The zero-order valence-corrected chi connectivity index (χ0v) is 18.4. The highest BCUT2D eigenvalue weighted by Gasteiger charge is 2.39. The number of ether oxygens (including phenoxy) is 3. The van der Waals surface area contributed by atoms with E-state index in [1.165, 1.54) is 29.5 Å². The molecule has 6 heteroatoms. The second-order valence-corrected chi connectivity index (χ2v) is 7.57. The first-order chi connectivity index (χ1) is 13.6. The fourth-order valence-electron chi connectivity index (χ4n) is 4.83. The first-order valence-corrected chi connectivity index (χ1v) is 10.1. The van der Waals surface area contributed by atoms with Gasteiger partial charge in [-0.05, 0) is 54.6 Å². The number of aromatic hydroxyl groups is 1. The number of phenolic OH excluding ortho intramolecular Hbond substituents is 1. The predicted octanol–water partition coefficient (Wildman–Crippen LogP) is 4.76. The number of unbranched alkanes of at least 4 members (excludes halogenated alkanes) is 1. The summed E-state index contributed by atoms with van der Waals surface area (Å²) in [6.45, 7) is 4.39. The van der Waals surface area contributed by atoms with Crippen molar-refractivity contribution in [2.75, 3.05) is 34.4 Å². The first kappa shape index (κ1) is 21.6. The van der Waals surface area contributed by atoms with Crippen LogP contribution in [0.25, 0.3) is 11.1 Å². The Morgan fingerprint density at radius 1 is 1.03 bits per heavy atom. The average molecular weight is 420 g/mol. The zero-order chi connectivity index (χ0) is 19.8. The quantitative estimate of drug-likeness (QED) is 0.731. The standard InChI is InChI=1S/C23H29NO4.ClH/c1-5-6-10-24-11-9-15-13-18(26-2)23(28-4)21-19(15)16(24)12-14-7-8-17(25)22(27-3)20(14)21;/h7-8,13,16,25H,5-6,9-12H2,1-4H3;1H/t16-;/m0./s1. The minimum atomic E-state index is 0. The molecular weight excluding hydrogens is 390 g/mol. The molecule has 1 N–H and O–H groups in total. The fraction of sp³-hybridized carbons (Fsp3) is 0.478. The first-order valence-electron chi connectivity index (χ1n) is 10.1. The van der Waals surface area contributed by atoms with Gasteiger partial charge in [-0.15, -0.1) is 12.4 Å². The zero-order valence-electron chi connectivity index (χ0n) is 17.6. The van der Waals surface area contributed by atoms with Crippen molar-refractivity contribution in [2.24, 2.45) is 0 Å². The summed E-state index contributed by atoms with van der Waals surface area (Å²) in [4.78, 5) is 2.60. The van der Waals surface area contributed by atoms with Crippen LogP contribution in [0.4, 0.5) is 0 Å². The molecule has 0 radical (unpaired) electrons. The van der Waals surface area contributed by atoms with Crippen LogP contribution >= 0.6 is 12.4 Å². The number of rotatable bonds is 6. The Morgan fingerprint density at radius 2 is 1.79 bits per heavy atom. The number of benzene rings is 2.